The Morgan fingerprint density at radius 2 is 1.75 bits per heavy atom. The summed E-state index contributed by atoms with van der Waals surface area (Å²) in [6, 6.07) is 19.1. The van der Waals surface area contributed by atoms with E-state index in [-0.39, 0.29) is 34.0 Å². The predicted molar refractivity (Wildman–Crippen MR) is 141 cm³/mol. The Hall–Kier alpha value is -3.77. The van der Waals surface area contributed by atoms with Crippen molar-refractivity contribution in [1.29, 1.82) is 0 Å². The average Bonchev–Trinajstić information content (AvgIpc) is 2.88. The normalized spacial score (nSPS) is 17.9. The number of fused-ring (bicyclic) bond motifs is 4. The maximum Gasteiger partial charge on any atom is 0.251 e. The molecule has 1 N–H and O–H groups in total. The number of halogens is 2. The lowest BCUT2D eigenvalue weighted by Crippen LogP contribution is -2.26. The third-order valence-electron chi connectivity index (χ3n) is 6.73. The number of aromatic nitrogens is 2. The molecule has 1 aliphatic rings. The van der Waals surface area contributed by atoms with Crippen LogP contribution in [-0.2, 0) is 4.79 Å². The summed E-state index contributed by atoms with van der Waals surface area (Å²) in [5.41, 5.74) is 3.77. The fraction of sp³-hybridized carbons (Fsp3) is 0.207. The van der Waals surface area contributed by atoms with Crippen LogP contribution in [0.2, 0.25) is 5.02 Å². The summed E-state index contributed by atoms with van der Waals surface area (Å²) >= 11 is 5.94. The molecule has 0 unspecified atom stereocenters. The van der Waals surface area contributed by atoms with Crippen molar-refractivity contribution in [2.24, 2.45) is 5.92 Å². The van der Waals surface area contributed by atoms with Gasteiger partial charge >= 0.3 is 0 Å². The Morgan fingerprint density at radius 3 is 2.58 bits per heavy atom. The summed E-state index contributed by atoms with van der Waals surface area (Å²) in [6.07, 6.45) is 5.44. The quantitative estimate of drug-likeness (QED) is 0.331. The zero-order valence-corrected chi connectivity index (χ0v) is 20.5. The first-order chi connectivity index (χ1) is 17.4. The van der Waals surface area contributed by atoms with E-state index in [1.807, 2.05) is 43.3 Å². The van der Waals surface area contributed by atoms with Gasteiger partial charge in [-0.25, -0.2) is 4.39 Å². The van der Waals surface area contributed by atoms with Crippen LogP contribution in [0, 0.1) is 11.7 Å². The molecule has 0 aliphatic carbocycles. The smallest absolute Gasteiger partial charge is 0.251 e. The topological polar surface area (TPSA) is 64.0 Å². The second-order valence-corrected chi connectivity index (χ2v) is 9.52. The van der Waals surface area contributed by atoms with Crippen molar-refractivity contribution in [3.8, 4) is 22.3 Å². The van der Waals surface area contributed by atoms with E-state index in [1.165, 1.54) is 12.1 Å². The Bertz CT molecular complexity index is 1500. The van der Waals surface area contributed by atoms with Crippen molar-refractivity contribution in [2.45, 2.75) is 32.2 Å². The van der Waals surface area contributed by atoms with E-state index in [9.17, 15) is 14.0 Å². The molecule has 2 aromatic heterocycles. The van der Waals surface area contributed by atoms with Crippen molar-refractivity contribution in [1.82, 2.24) is 9.55 Å². The number of carbonyl (C=O) groups is 1. The molecule has 3 heterocycles. The number of nitrogens with zero attached hydrogens (tertiary/aromatic N) is 2. The van der Waals surface area contributed by atoms with Gasteiger partial charge in [-0.15, -0.1) is 0 Å². The number of hydrogen-bond donors (Lipinski definition) is 1. The van der Waals surface area contributed by atoms with Crippen LogP contribution in [0.1, 0.15) is 37.9 Å². The van der Waals surface area contributed by atoms with E-state index in [2.05, 4.69) is 10.3 Å². The number of pyridine rings is 2. The maximum atomic E-state index is 14.6. The molecule has 0 saturated carbocycles. The van der Waals surface area contributed by atoms with E-state index in [0.717, 1.165) is 28.9 Å². The Morgan fingerprint density at radius 1 is 0.972 bits per heavy atom. The second kappa shape index (κ2) is 10.1. The van der Waals surface area contributed by atoms with Gasteiger partial charge < -0.3 is 9.88 Å². The number of nitrogens with one attached hydrogen (secondary N) is 1. The predicted octanol–water partition coefficient (Wildman–Crippen LogP) is 6.72. The molecule has 5 nitrogen and oxygen atoms in total. The minimum Gasteiger partial charge on any atom is -0.325 e. The first kappa shape index (κ1) is 23.9. The summed E-state index contributed by atoms with van der Waals surface area (Å²) in [6.45, 7) is 1.91. The van der Waals surface area contributed by atoms with Crippen LogP contribution >= 0.6 is 11.6 Å². The molecule has 0 fully saturated rings. The summed E-state index contributed by atoms with van der Waals surface area (Å²) in [7, 11) is 0. The van der Waals surface area contributed by atoms with Crippen molar-refractivity contribution in [2.75, 3.05) is 5.32 Å². The summed E-state index contributed by atoms with van der Waals surface area (Å²) < 4.78 is 16.2. The average molecular weight is 502 g/mol. The third kappa shape index (κ3) is 4.69. The van der Waals surface area contributed by atoms with Crippen LogP contribution in [0.5, 0.6) is 0 Å². The van der Waals surface area contributed by atoms with Gasteiger partial charge in [-0.2, -0.15) is 0 Å². The van der Waals surface area contributed by atoms with Gasteiger partial charge in [0.2, 0.25) is 5.91 Å². The van der Waals surface area contributed by atoms with Gasteiger partial charge in [-0.3, -0.25) is 14.6 Å². The molecule has 0 spiro atoms. The molecule has 7 heteroatoms. The van der Waals surface area contributed by atoms with E-state index in [1.54, 1.807) is 35.2 Å². The van der Waals surface area contributed by atoms with E-state index >= 15 is 0 Å². The van der Waals surface area contributed by atoms with Gasteiger partial charge in [0, 0.05) is 41.2 Å². The number of benzene rings is 2. The first-order valence-electron chi connectivity index (χ1n) is 11.9. The molecule has 0 radical (unpaired) electrons. The number of amides is 1. The van der Waals surface area contributed by atoms with Crippen molar-refractivity contribution in [3.63, 3.8) is 0 Å². The zero-order valence-electron chi connectivity index (χ0n) is 19.7. The molecule has 2 bridgehead atoms. The summed E-state index contributed by atoms with van der Waals surface area (Å²) in [5, 5.41) is 3.07. The van der Waals surface area contributed by atoms with Crippen LogP contribution < -0.4 is 10.9 Å². The molecule has 182 valence electrons. The number of para-hydroxylation sites is 1. The maximum absolute atomic E-state index is 14.6. The van der Waals surface area contributed by atoms with Gasteiger partial charge in [-0.05, 0) is 54.3 Å². The van der Waals surface area contributed by atoms with Crippen molar-refractivity contribution < 1.29 is 9.18 Å². The number of rotatable bonds is 2. The molecule has 4 aromatic rings. The van der Waals surface area contributed by atoms with Crippen molar-refractivity contribution >= 4 is 23.2 Å². The van der Waals surface area contributed by atoms with Gasteiger partial charge in [0.05, 0.1) is 16.8 Å². The monoisotopic (exact) mass is 501 g/mol. The highest BCUT2D eigenvalue weighted by atomic mass is 35.5. The molecule has 1 aliphatic heterocycles. The molecule has 5 rings (SSSR count). The van der Waals surface area contributed by atoms with E-state index < -0.39 is 5.82 Å². The highest BCUT2D eigenvalue weighted by Gasteiger charge is 2.22. The largest absolute Gasteiger partial charge is 0.325 e. The number of anilines is 1. The minimum atomic E-state index is -0.553. The Labute approximate surface area is 213 Å². The highest BCUT2D eigenvalue weighted by Crippen LogP contribution is 2.33. The lowest BCUT2D eigenvalue weighted by Gasteiger charge is -2.23. The molecule has 2 aromatic carbocycles. The minimum absolute atomic E-state index is 0.00967. The van der Waals surface area contributed by atoms with Crippen molar-refractivity contribution in [3.05, 3.63) is 106 Å². The molecular weight excluding hydrogens is 477 g/mol. The van der Waals surface area contributed by atoms with Gasteiger partial charge in [0.25, 0.3) is 5.56 Å². The van der Waals surface area contributed by atoms with Crippen LogP contribution in [0.3, 0.4) is 0 Å². The fourth-order valence-corrected chi connectivity index (χ4v) is 4.89. The van der Waals surface area contributed by atoms with Gasteiger partial charge in [0.1, 0.15) is 5.82 Å². The van der Waals surface area contributed by atoms with E-state index in [4.69, 9.17) is 11.6 Å². The summed E-state index contributed by atoms with van der Waals surface area (Å²) in [4.78, 5) is 30.8. The highest BCUT2D eigenvalue weighted by molar-refractivity contribution is 6.31. The Balaban J connectivity index is 1.60. The first-order valence-corrected chi connectivity index (χ1v) is 12.3. The number of carbonyl (C=O) groups excluding carboxylic acids is 1. The van der Waals surface area contributed by atoms with Gasteiger partial charge in [0.15, 0.2) is 0 Å². The van der Waals surface area contributed by atoms with Gasteiger partial charge in [-0.1, -0.05) is 55.3 Å². The van der Waals surface area contributed by atoms with Crippen LogP contribution in [-0.4, -0.2) is 15.5 Å². The molecule has 0 saturated heterocycles. The Kier molecular flexibility index (Phi) is 6.70. The van der Waals surface area contributed by atoms with Crippen LogP contribution in [0.25, 0.3) is 22.3 Å². The molecular formula is C29H25ClFN3O2. The lowest BCUT2D eigenvalue weighted by atomic mass is 9.95. The van der Waals surface area contributed by atoms with Crippen LogP contribution in [0.15, 0.2) is 83.9 Å². The SMILES string of the molecule is C[C@@H]1CCC[C@H](n2ccc(-c3cccc(Cl)c3F)cc2=O)c2cc(ccn2)-c2ccccc2NC1=O. The lowest BCUT2D eigenvalue weighted by molar-refractivity contribution is -0.119. The van der Waals surface area contributed by atoms with Crippen LogP contribution in [0.4, 0.5) is 10.1 Å². The second-order valence-electron chi connectivity index (χ2n) is 9.11. The summed E-state index contributed by atoms with van der Waals surface area (Å²) in [5.74, 6) is -0.768. The standard InChI is InChI=1S/C29H25ClFN3O2/c1-18-6-4-11-26(34-15-13-20(17-27(34)35)22-8-5-9-23(30)28(22)31)25-16-19(12-14-32-25)21-7-2-3-10-24(21)33-29(18)36/h2-3,5,7-10,12-18,26H,4,6,11H2,1H3,(H,33,36)/t18-,26+/m1/s1. The fourth-order valence-electron chi connectivity index (χ4n) is 4.72. The molecule has 36 heavy (non-hydrogen) atoms. The zero-order chi connectivity index (χ0) is 25.2. The third-order valence-corrected chi connectivity index (χ3v) is 7.02. The number of hydrogen-bond acceptors (Lipinski definition) is 3. The molecule has 2 atom stereocenters. The molecule has 1 amide bonds. The van der Waals surface area contributed by atoms with E-state index in [0.29, 0.717) is 18.4 Å².